The summed E-state index contributed by atoms with van der Waals surface area (Å²) in [5.74, 6) is 1.06. The molecule has 1 aliphatic carbocycles. The van der Waals surface area contributed by atoms with Crippen molar-refractivity contribution < 1.29 is 5.11 Å². The van der Waals surface area contributed by atoms with Crippen LogP contribution in [-0.4, -0.2) is 5.11 Å². The third kappa shape index (κ3) is 2.66. The van der Waals surface area contributed by atoms with E-state index in [2.05, 4.69) is 25.1 Å². The van der Waals surface area contributed by atoms with E-state index in [1.807, 2.05) is 0 Å². The van der Waals surface area contributed by atoms with Gasteiger partial charge in [-0.2, -0.15) is 0 Å². The Kier molecular flexibility index (Phi) is 3.66. The van der Waals surface area contributed by atoms with E-state index >= 15 is 0 Å². The molecule has 16 heavy (non-hydrogen) atoms. The SMILES string of the molecule is CCC=C1CCC(c2ccc(O)cc2)CC1. The standard InChI is InChI=1S/C15H20O/c1-2-3-12-4-6-13(7-5-12)14-8-10-15(16)11-9-14/h3,8-11,13,16H,2,4-7H2,1H3. The second-order valence-electron chi connectivity index (χ2n) is 4.64. The van der Waals surface area contributed by atoms with Crippen LogP contribution in [0.1, 0.15) is 50.5 Å². The smallest absolute Gasteiger partial charge is 0.115 e. The molecular weight excluding hydrogens is 196 g/mol. The van der Waals surface area contributed by atoms with Gasteiger partial charge in [0.1, 0.15) is 5.75 Å². The highest BCUT2D eigenvalue weighted by Crippen LogP contribution is 2.35. The number of aromatic hydroxyl groups is 1. The molecule has 1 aromatic rings. The van der Waals surface area contributed by atoms with Gasteiger partial charge in [0.05, 0.1) is 0 Å². The van der Waals surface area contributed by atoms with Crippen molar-refractivity contribution in [3.63, 3.8) is 0 Å². The van der Waals surface area contributed by atoms with Gasteiger partial charge in [0, 0.05) is 0 Å². The monoisotopic (exact) mass is 216 g/mol. The van der Waals surface area contributed by atoms with Gasteiger partial charge in [-0.05, 0) is 55.7 Å². The lowest BCUT2D eigenvalue weighted by atomic mass is 9.81. The highest BCUT2D eigenvalue weighted by Gasteiger charge is 2.17. The Bertz CT molecular complexity index is 352. The van der Waals surface area contributed by atoms with E-state index in [-0.39, 0.29) is 0 Å². The van der Waals surface area contributed by atoms with Crippen LogP contribution in [0.25, 0.3) is 0 Å². The summed E-state index contributed by atoms with van der Waals surface area (Å²) in [6, 6.07) is 7.72. The summed E-state index contributed by atoms with van der Waals surface area (Å²) in [6.07, 6.45) is 8.57. The predicted octanol–water partition coefficient (Wildman–Crippen LogP) is 4.39. The molecule has 0 spiro atoms. The van der Waals surface area contributed by atoms with E-state index in [1.54, 1.807) is 17.7 Å². The molecule has 86 valence electrons. The molecule has 0 radical (unpaired) electrons. The number of phenolic OH excluding ortho intramolecular Hbond substituents is 1. The van der Waals surface area contributed by atoms with Crippen molar-refractivity contribution >= 4 is 0 Å². The Labute approximate surface area is 97.8 Å². The van der Waals surface area contributed by atoms with E-state index < -0.39 is 0 Å². The average Bonchev–Trinajstić information content (AvgIpc) is 2.32. The first kappa shape index (κ1) is 11.3. The van der Waals surface area contributed by atoms with Crippen LogP contribution in [0.5, 0.6) is 5.75 Å². The molecule has 0 unspecified atom stereocenters. The minimum atomic E-state index is 0.367. The van der Waals surface area contributed by atoms with E-state index in [0.717, 1.165) is 0 Å². The number of hydrogen-bond donors (Lipinski definition) is 1. The average molecular weight is 216 g/mol. The van der Waals surface area contributed by atoms with E-state index in [0.29, 0.717) is 11.7 Å². The normalized spacial score (nSPS) is 20.8. The molecule has 0 aromatic heterocycles. The topological polar surface area (TPSA) is 20.2 Å². The first-order valence-corrected chi connectivity index (χ1v) is 6.26. The maximum Gasteiger partial charge on any atom is 0.115 e. The molecule has 1 N–H and O–H groups in total. The van der Waals surface area contributed by atoms with Crippen molar-refractivity contribution in [1.82, 2.24) is 0 Å². The largest absolute Gasteiger partial charge is 0.508 e. The lowest BCUT2D eigenvalue weighted by Crippen LogP contribution is -2.06. The third-order valence-corrected chi connectivity index (χ3v) is 3.49. The van der Waals surface area contributed by atoms with Crippen LogP contribution in [0.15, 0.2) is 35.9 Å². The van der Waals surface area contributed by atoms with Gasteiger partial charge in [-0.1, -0.05) is 30.7 Å². The third-order valence-electron chi connectivity index (χ3n) is 3.49. The number of hydrogen-bond acceptors (Lipinski definition) is 1. The van der Waals surface area contributed by atoms with E-state index in [9.17, 15) is 5.11 Å². The summed E-state index contributed by atoms with van der Waals surface area (Å²) in [7, 11) is 0. The Hall–Kier alpha value is -1.24. The summed E-state index contributed by atoms with van der Waals surface area (Å²) in [6.45, 7) is 2.21. The summed E-state index contributed by atoms with van der Waals surface area (Å²) in [5.41, 5.74) is 3.02. The fourth-order valence-electron chi connectivity index (χ4n) is 2.56. The zero-order valence-corrected chi connectivity index (χ0v) is 9.95. The van der Waals surface area contributed by atoms with Crippen molar-refractivity contribution in [3.05, 3.63) is 41.5 Å². The maximum atomic E-state index is 9.26. The van der Waals surface area contributed by atoms with Crippen LogP contribution in [-0.2, 0) is 0 Å². The molecular formula is C15H20O. The summed E-state index contributed by atoms with van der Waals surface area (Å²) in [5, 5.41) is 9.26. The number of allylic oxidation sites excluding steroid dienone is 2. The Balaban J connectivity index is 1.99. The van der Waals surface area contributed by atoms with Crippen molar-refractivity contribution in [2.24, 2.45) is 0 Å². The van der Waals surface area contributed by atoms with Crippen LogP contribution in [0.2, 0.25) is 0 Å². The molecule has 0 saturated heterocycles. The minimum Gasteiger partial charge on any atom is -0.508 e. The highest BCUT2D eigenvalue weighted by molar-refractivity contribution is 5.29. The van der Waals surface area contributed by atoms with Gasteiger partial charge in [0.25, 0.3) is 0 Å². The van der Waals surface area contributed by atoms with Gasteiger partial charge >= 0.3 is 0 Å². The van der Waals surface area contributed by atoms with E-state index in [1.165, 1.54) is 37.7 Å². The predicted molar refractivity (Wildman–Crippen MR) is 67.7 cm³/mol. The molecule has 0 heterocycles. The van der Waals surface area contributed by atoms with Crippen LogP contribution in [0.3, 0.4) is 0 Å². The maximum absolute atomic E-state index is 9.26. The Morgan fingerprint density at radius 2 is 1.81 bits per heavy atom. The van der Waals surface area contributed by atoms with Crippen molar-refractivity contribution in [3.8, 4) is 5.75 Å². The Morgan fingerprint density at radius 1 is 1.19 bits per heavy atom. The van der Waals surface area contributed by atoms with Gasteiger partial charge in [0.2, 0.25) is 0 Å². The second-order valence-corrected chi connectivity index (χ2v) is 4.64. The highest BCUT2D eigenvalue weighted by atomic mass is 16.3. The van der Waals surface area contributed by atoms with Crippen molar-refractivity contribution in [1.29, 1.82) is 0 Å². The molecule has 1 aliphatic rings. The number of phenols is 1. The minimum absolute atomic E-state index is 0.367. The van der Waals surface area contributed by atoms with Crippen LogP contribution in [0, 0.1) is 0 Å². The molecule has 0 bridgehead atoms. The molecule has 1 heteroatoms. The Morgan fingerprint density at radius 3 is 2.38 bits per heavy atom. The van der Waals surface area contributed by atoms with Crippen molar-refractivity contribution in [2.75, 3.05) is 0 Å². The van der Waals surface area contributed by atoms with E-state index in [4.69, 9.17) is 0 Å². The molecule has 1 nitrogen and oxygen atoms in total. The van der Waals surface area contributed by atoms with Gasteiger partial charge in [-0.25, -0.2) is 0 Å². The molecule has 1 saturated carbocycles. The summed E-state index contributed by atoms with van der Waals surface area (Å²) < 4.78 is 0. The zero-order chi connectivity index (χ0) is 11.4. The summed E-state index contributed by atoms with van der Waals surface area (Å²) >= 11 is 0. The molecule has 0 aliphatic heterocycles. The molecule has 2 rings (SSSR count). The van der Waals surface area contributed by atoms with Crippen LogP contribution in [0.4, 0.5) is 0 Å². The van der Waals surface area contributed by atoms with Gasteiger partial charge in [-0.15, -0.1) is 0 Å². The van der Waals surface area contributed by atoms with Crippen molar-refractivity contribution in [2.45, 2.75) is 44.9 Å². The van der Waals surface area contributed by atoms with Gasteiger partial charge in [0.15, 0.2) is 0 Å². The fraction of sp³-hybridized carbons (Fsp3) is 0.467. The fourth-order valence-corrected chi connectivity index (χ4v) is 2.56. The molecule has 0 atom stereocenters. The zero-order valence-electron chi connectivity index (χ0n) is 9.95. The molecule has 1 aromatic carbocycles. The number of benzene rings is 1. The molecule has 0 amide bonds. The van der Waals surface area contributed by atoms with Gasteiger partial charge in [-0.3, -0.25) is 0 Å². The molecule has 1 fully saturated rings. The number of rotatable bonds is 2. The lowest BCUT2D eigenvalue weighted by Gasteiger charge is -2.24. The summed E-state index contributed by atoms with van der Waals surface area (Å²) in [4.78, 5) is 0. The van der Waals surface area contributed by atoms with Crippen LogP contribution < -0.4 is 0 Å². The van der Waals surface area contributed by atoms with Crippen LogP contribution >= 0.6 is 0 Å². The van der Waals surface area contributed by atoms with Gasteiger partial charge < -0.3 is 5.11 Å². The quantitative estimate of drug-likeness (QED) is 0.727. The lowest BCUT2D eigenvalue weighted by molar-refractivity contribution is 0.473. The first-order chi connectivity index (χ1) is 7.79. The first-order valence-electron chi connectivity index (χ1n) is 6.26. The second kappa shape index (κ2) is 5.20.